The van der Waals surface area contributed by atoms with Crippen molar-refractivity contribution in [2.75, 3.05) is 18.8 Å². The van der Waals surface area contributed by atoms with Gasteiger partial charge in [0.15, 0.2) is 0 Å². The summed E-state index contributed by atoms with van der Waals surface area (Å²) in [5.74, 6) is 0. The first-order valence-corrected chi connectivity index (χ1v) is 8.21. The second kappa shape index (κ2) is 4.73. The molecule has 1 aliphatic rings. The number of aryl methyl sites for hydroxylation is 1. The molecule has 1 fully saturated rings. The molecule has 0 unspecified atom stereocenters. The number of nitrogen functional groups attached to an aromatic ring is 1. The number of benzene rings is 1. The maximum atomic E-state index is 12.4. The quantitative estimate of drug-likeness (QED) is 0.810. The Morgan fingerprint density at radius 3 is 2.58 bits per heavy atom. The minimum atomic E-state index is -3.58. The molecule has 0 spiro atoms. The lowest BCUT2D eigenvalue weighted by atomic mass is 9.94. The Hall–Kier alpha value is -0.630. The largest absolute Gasteiger partial charge is 0.398 e. The summed E-state index contributed by atoms with van der Waals surface area (Å²) in [4.78, 5) is 0.200. The third-order valence-corrected chi connectivity index (χ3v) is 6.13. The predicted molar refractivity (Wildman–Crippen MR) is 77.3 cm³/mol. The number of β-amino-alcohol motifs (C(OH)–C–C–N with tert-alkyl or cyclic N) is 1. The minimum absolute atomic E-state index is 0.140. The second-order valence-corrected chi connectivity index (χ2v) is 7.75. The van der Waals surface area contributed by atoms with Crippen LogP contribution in [0.2, 0.25) is 0 Å². The average Bonchev–Trinajstić information content (AvgIpc) is 2.29. The summed E-state index contributed by atoms with van der Waals surface area (Å²) in [5, 5.41) is 9.93. The van der Waals surface area contributed by atoms with Crippen LogP contribution in [-0.2, 0) is 10.0 Å². The zero-order chi connectivity index (χ0) is 14.4. The molecule has 1 heterocycles. The Labute approximate surface area is 121 Å². The van der Waals surface area contributed by atoms with Crippen LogP contribution >= 0.6 is 15.9 Å². The van der Waals surface area contributed by atoms with E-state index in [-0.39, 0.29) is 18.0 Å². The summed E-state index contributed by atoms with van der Waals surface area (Å²) >= 11 is 3.27. The lowest BCUT2D eigenvalue weighted by molar-refractivity contribution is -0.0613. The van der Waals surface area contributed by atoms with Crippen molar-refractivity contribution in [1.29, 1.82) is 0 Å². The Kier molecular flexibility index (Phi) is 3.68. The highest BCUT2D eigenvalue weighted by Crippen LogP contribution is 2.33. The van der Waals surface area contributed by atoms with Crippen LogP contribution in [-0.4, -0.2) is 36.5 Å². The third-order valence-electron chi connectivity index (χ3n) is 3.51. The van der Waals surface area contributed by atoms with E-state index in [2.05, 4.69) is 15.9 Å². The lowest BCUT2D eigenvalue weighted by Gasteiger charge is -2.45. The molecule has 0 aliphatic carbocycles. The Balaban J connectivity index is 2.35. The molecule has 19 heavy (non-hydrogen) atoms. The van der Waals surface area contributed by atoms with E-state index in [1.807, 2.05) is 6.92 Å². The Morgan fingerprint density at radius 1 is 1.47 bits per heavy atom. The molecule has 5 nitrogen and oxygen atoms in total. The molecule has 3 N–H and O–H groups in total. The van der Waals surface area contributed by atoms with Crippen LogP contribution in [0.3, 0.4) is 0 Å². The molecule has 1 aromatic rings. The number of aliphatic hydroxyl groups is 1. The molecule has 0 radical (unpaired) electrons. The second-order valence-electron chi connectivity index (χ2n) is 4.99. The number of nitrogens with two attached hydrogens (primary N) is 1. The van der Waals surface area contributed by atoms with Crippen molar-refractivity contribution in [3.8, 4) is 0 Å². The first kappa shape index (κ1) is 14.8. The van der Waals surface area contributed by atoms with Gasteiger partial charge in [0.1, 0.15) is 0 Å². The van der Waals surface area contributed by atoms with Crippen molar-refractivity contribution in [3.05, 3.63) is 22.2 Å². The molecule has 0 bridgehead atoms. The van der Waals surface area contributed by atoms with Crippen LogP contribution in [0.15, 0.2) is 21.5 Å². The van der Waals surface area contributed by atoms with Crippen LogP contribution in [0.1, 0.15) is 18.9 Å². The maximum absolute atomic E-state index is 12.4. The van der Waals surface area contributed by atoms with Gasteiger partial charge < -0.3 is 10.8 Å². The summed E-state index contributed by atoms with van der Waals surface area (Å²) in [7, 11) is -3.58. The smallest absolute Gasteiger partial charge is 0.243 e. The van der Waals surface area contributed by atoms with Crippen molar-refractivity contribution in [3.63, 3.8) is 0 Å². The van der Waals surface area contributed by atoms with E-state index < -0.39 is 15.6 Å². The summed E-state index contributed by atoms with van der Waals surface area (Å²) < 4.78 is 26.9. The molecule has 0 atom stereocenters. The van der Waals surface area contributed by atoms with E-state index in [0.717, 1.165) is 0 Å². The number of rotatable bonds is 3. The van der Waals surface area contributed by atoms with Crippen LogP contribution < -0.4 is 5.73 Å². The highest BCUT2D eigenvalue weighted by atomic mass is 79.9. The van der Waals surface area contributed by atoms with Crippen molar-refractivity contribution in [1.82, 2.24) is 4.31 Å². The molecule has 106 valence electrons. The number of hydrogen-bond donors (Lipinski definition) is 2. The van der Waals surface area contributed by atoms with Crippen LogP contribution in [0.25, 0.3) is 0 Å². The fourth-order valence-corrected chi connectivity index (χ4v) is 4.39. The van der Waals surface area contributed by atoms with Crippen molar-refractivity contribution in [2.24, 2.45) is 0 Å². The first-order valence-electron chi connectivity index (χ1n) is 5.98. The van der Waals surface area contributed by atoms with Gasteiger partial charge in [-0.2, -0.15) is 4.31 Å². The van der Waals surface area contributed by atoms with Crippen molar-refractivity contribution in [2.45, 2.75) is 30.8 Å². The normalized spacial score (nSPS) is 19.2. The van der Waals surface area contributed by atoms with Crippen molar-refractivity contribution < 1.29 is 13.5 Å². The van der Waals surface area contributed by atoms with Gasteiger partial charge >= 0.3 is 0 Å². The number of hydrogen-bond acceptors (Lipinski definition) is 4. The van der Waals surface area contributed by atoms with Crippen molar-refractivity contribution >= 4 is 31.6 Å². The Bertz CT molecular complexity index is 610. The molecular formula is C12H17BrN2O3S. The topological polar surface area (TPSA) is 83.6 Å². The third kappa shape index (κ3) is 2.52. The van der Waals surface area contributed by atoms with E-state index in [1.165, 1.54) is 10.4 Å². The molecule has 1 saturated heterocycles. The predicted octanol–water partition coefficient (Wildman–Crippen LogP) is 1.49. The van der Waals surface area contributed by atoms with Gasteiger partial charge in [0.2, 0.25) is 10.0 Å². The molecule has 1 aliphatic heterocycles. The van der Waals surface area contributed by atoms with Gasteiger partial charge in [-0.15, -0.1) is 0 Å². The van der Waals surface area contributed by atoms with Gasteiger partial charge in [-0.25, -0.2) is 8.42 Å². The van der Waals surface area contributed by atoms with E-state index in [1.54, 1.807) is 13.0 Å². The van der Waals surface area contributed by atoms with Gasteiger partial charge in [-0.1, -0.05) is 6.92 Å². The van der Waals surface area contributed by atoms with Gasteiger partial charge in [0.05, 0.1) is 10.5 Å². The Morgan fingerprint density at radius 2 is 2.05 bits per heavy atom. The van der Waals surface area contributed by atoms with Crippen LogP contribution in [0.4, 0.5) is 5.69 Å². The minimum Gasteiger partial charge on any atom is -0.398 e. The highest BCUT2D eigenvalue weighted by Gasteiger charge is 2.46. The molecule has 0 aromatic heterocycles. The highest BCUT2D eigenvalue weighted by molar-refractivity contribution is 9.10. The summed E-state index contributed by atoms with van der Waals surface area (Å²) in [6.45, 7) is 3.85. The lowest BCUT2D eigenvalue weighted by Crippen LogP contribution is -2.62. The summed E-state index contributed by atoms with van der Waals surface area (Å²) in [6.07, 6.45) is 0.542. The zero-order valence-electron chi connectivity index (χ0n) is 10.9. The summed E-state index contributed by atoms with van der Waals surface area (Å²) in [5.41, 5.74) is 5.88. The average molecular weight is 349 g/mol. The van der Waals surface area contributed by atoms with Crippen LogP contribution in [0.5, 0.6) is 0 Å². The van der Waals surface area contributed by atoms with E-state index >= 15 is 0 Å². The van der Waals surface area contributed by atoms with Gasteiger partial charge in [-0.05, 0) is 47.0 Å². The molecular weight excluding hydrogens is 332 g/mol. The molecule has 0 amide bonds. The number of halogens is 1. The molecule has 2 rings (SSSR count). The van der Waals surface area contributed by atoms with Gasteiger partial charge in [0, 0.05) is 23.2 Å². The van der Waals surface area contributed by atoms with Gasteiger partial charge in [0.25, 0.3) is 0 Å². The number of nitrogens with zero attached hydrogens (tertiary/aromatic N) is 1. The maximum Gasteiger partial charge on any atom is 0.243 e. The summed E-state index contributed by atoms with van der Waals surface area (Å²) in [6, 6.07) is 3.14. The fourth-order valence-electron chi connectivity index (χ4n) is 2.09. The van der Waals surface area contributed by atoms with Gasteiger partial charge in [-0.3, -0.25) is 0 Å². The number of anilines is 1. The molecule has 1 aromatic carbocycles. The standard InChI is InChI=1S/C12H17BrN2O3S/c1-3-12(16)6-15(7-12)19(17,18)11-5-10(14)9(13)4-8(11)2/h4-5,16H,3,6-7,14H2,1-2H3. The van der Waals surface area contributed by atoms with E-state index in [0.29, 0.717) is 22.1 Å². The van der Waals surface area contributed by atoms with E-state index in [4.69, 9.17) is 5.73 Å². The molecule has 0 saturated carbocycles. The number of sulfonamides is 1. The zero-order valence-corrected chi connectivity index (χ0v) is 13.3. The van der Waals surface area contributed by atoms with Crippen LogP contribution in [0, 0.1) is 6.92 Å². The SMILES string of the molecule is CCC1(O)CN(S(=O)(=O)c2cc(N)c(Br)cc2C)C1. The monoisotopic (exact) mass is 348 g/mol. The molecule has 7 heteroatoms. The van der Waals surface area contributed by atoms with E-state index in [9.17, 15) is 13.5 Å². The first-order chi connectivity index (χ1) is 8.69. The fraction of sp³-hybridized carbons (Fsp3) is 0.500.